The zero-order chi connectivity index (χ0) is 14.7. The second-order valence-corrected chi connectivity index (χ2v) is 6.78. The highest BCUT2D eigenvalue weighted by molar-refractivity contribution is 8.45. The normalized spacial score (nSPS) is 16.5. The number of furan rings is 1. The molecule has 0 atom stereocenters. The molecule has 0 bridgehead atoms. The second kappa shape index (κ2) is 6.56. The molecule has 0 saturated carbocycles. The van der Waals surface area contributed by atoms with Crippen molar-refractivity contribution in [3.63, 3.8) is 0 Å². The lowest BCUT2D eigenvalue weighted by Crippen LogP contribution is -1.88. The van der Waals surface area contributed by atoms with Gasteiger partial charge in [0.1, 0.15) is 15.8 Å². The van der Waals surface area contributed by atoms with Crippen molar-refractivity contribution in [3.8, 4) is 0 Å². The molecule has 21 heavy (non-hydrogen) atoms. The molecule has 1 aliphatic heterocycles. The van der Waals surface area contributed by atoms with Gasteiger partial charge in [0.15, 0.2) is 0 Å². The minimum absolute atomic E-state index is 0.0620. The average molecular weight is 336 g/mol. The molecule has 0 radical (unpaired) electrons. The number of halogens is 1. The van der Waals surface area contributed by atoms with E-state index in [4.69, 9.17) is 16.0 Å². The van der Waals surface area contributed by atoms with Crippen LogP contribution < -0.4 is 0 Å². The van der Waals surface area contributed by atoms with Gasteiger partial charge in [0.25, 0.3) is 0 Å². The van der Waals surface area contributed by atoms with E-state index in [9.17, 15) is 4.79 Å². The van der Waals surface area contributed by atoms with Crippen molar-refractivity contribution in [2.45, 2.75) is 5.75 Å². The third kappa shape index (κ3) is 3.61. The lowest BCUT2D eigenvalue weighted by molar-refractivity contribution is -0.107. The van der Waals surface area contributed by atoms with Crippen molar-refractivity contribution in [1.29, 1.82) is 0 Å². The molecule has 2 heterocycles. The lowest BCUT2D eigenvalue weighted by atomic mass is 10.2. The highest BCUT2D eigenvalue weighted by Gasteiger charge is 2.23. The van der Waals surface area contributed by atoms with Crippen molar-refractivity contribution in [2.24, 2.45) is 4.99 Å². The highest BCUT2D eigenvalue weighted by atomic mass is 35.5. The van der Waals surface area contributed by atoms with Crippen LogP contribution in [0.15, 0.2) is 57.8 Å². The molecule has 3 rings (SSSR count). The maximum atomic E-state index is 11.9. The Hall–Kier alpha value is -1.43. The molecule has 106 valence electrons. The van der Waals surface area contributed by atoms with Gasteiger partial charge in [-0.25, -0.2) is 4.99 Å². The van der Waals surface area contributed by atoms with Gasteiger partial charge in [0.05, 0.1) is 6.26 Å². The Bertz CT molecular complexity index is 723. The van der Waals surface area contributed by atoms with Crippen molar-refractivity contribution in [2.75, 3.05) is 0 Å². The summed E-state index contributed by atoms with van der Waals surface area (Å²) in [6.45, 7) is 0. The van der Waals surface area contributed by atoms with Gasteiger partial charge in [0, 0.05) is 16.9 Å². The van der Waals surface area contributed by atoms with Crippen LogP contribution in [0.1, 0.15) is 11.3 Å². The Labute approximate surface area is 135 Å². The van der Waals surface area contributed by atoms with Crippen LogP contribution in [-0.2, 0) is 10.5 Å². The maximum Gasteiger partial charge on any atom is 0.244 e. The van der Waals surface area contributed by atoms with Crippen LogP contribution in [-0.4, -0.2) is 9.49 Å². The van der Waals surface area contributed by atoms with E-state index in [1.165, 1.54) is 11.8 Å². The van der Waals surface area contributed by atoms with Crippen molar-refractivity contribution in [1.82, 2.24) is 0 Å². The minimum Gasteiger partial charge on any atom is -0.465 e. The van der Waals surface area contributed by atoms with Crippen LogP contribution in [0.4, 0.5) is 0 Å². The van der Waals surface area contributed by atoms with Gasteiger partial charge in [-0.3, -0.25) is 4.79 Å². The number of nitrogens with zero attached hydrogens (tertiary/aromatic N) is 1. The third-order valence-corrected chi connectivity index (χ3v) is 5.16. The van der Waals surface area contributed by atoms with Gasteiger partial charge in [-0.2, -0.15) is 0 Å². The molecule has 0 saturated heterocycles. The quantitative estimate of drug-likeness (QED) is 0.753. The third-order valence-electron chi connectivity index (χ3n) is 2.73. The number of benzene rings is 1. The molecule has 0 N–H and O–H groups in total. The summed E-state index contributed by atoms with van der Waals surface area (Å²) in [6.07, 6.45) is 3.22. The summed E-state index contributed by atoms with van der Waals surface area (Å²) in [4.78, 5) is 16.2. The Morgan fingerprint density at radius 1 is 1.29 bits per heavy atom. The highest BCUT2D eigenvalue weighted by Crippen LogP contribution is 2.33. The van der Waals surface area contributed by atoms with Crippen LogP contribution in [0.25, 0.3) is 6.08 Å². The lowest BCUT2D eigenvalue weighted by Gasteiger charge is -2.02. The molecule has 6 heteroatoms. The van der Waals surface area contributed by atoms with E-state index < -0.39 is 0 Å². The zero-order valence-corrected chi connectivity index (χ0v) is 13.2. The first-order chi connectivity index (χ1) is 10.2. The fourth-order valence-electron chi connectivity index (χ4n) is 1.71. The molecule has 0 unspecified atom stereocenters. The van der Waals surface area contributed by atoms with E-state index in [0.717, 1.165) is 26.7 Å². The fourth-order valence-corrected chi connectivity index (χ4v) is 3.84. The van der Waals surface area contributed by atoms with Gasteiger partial charge in [-0.1, -0.05) is 41.6 Å². The summed E-state index contributed by atoms with van der Waals surface area (Å²) in [5.74, 6) is 1.31. The molecule has 0 aliphatic carbocycles. The molecule has 0 fully saturated rings. The van der Waals surface area contributed by atoms with Gasteiger partial charge >= 0.3 is 0 Å². The summed E-state index contributed by atoms with van der Waals surface area (Å²) in [6, 6.07) is 11.2. The predicted molar refractivity (Wildman–Crippen MR) is 89.5 cm³/mol. The van der Waals surface area contributed by atoms with Crippen molar-refractivity contribution < 1.29 is 9.21 Å². The Morgan fingerprint density at radius 3 is 2.90 bits per heavy atom. The number of rotatable bonds is 3. The number of hydrogen-bond acceptors (Lipinski definition) is 5. The molecule has 2 aromatic rings. The van der Waals surface area contributed by atoms with E-state index in [-0.39, 0.29) is 5.12 Å². The Balaban J connectivity index is 1.70. The van der Waals surface area contributed by atoms with Crippen molar-refractivity contribution >= 4 is 50.7 Å². The molecule has 3 nitrogen and oxygen atoms in total. The molecular weight excluding hydrogens is 326 g/mol. The molecule has 0 amide bonds. The second-order valence-electron chi connectivity index (χ2n) is 4.19. The van der Waals surface area contributed by atoms with Crippen LogP contribution in [0.5, 0.6) is 0 Å². The minimum atomic E-state index is -0.0620. The monoisotopic (exact) mass is 335 g/mol. The number of thioether (sulfide) groups is 2. The topological polar surface area (TPSA) is 42.6 Å². The molecule has 0 spiro atoms. The van der Waals surface area contributed by atoms with Gasteiger partial charge in [-0.05, 0) is 35.5 Å². The van der Waals surface area contributed by atoms with Crippen LogP contribution >= 0.6 is 35.1 Å². The van der Waals surface area contributed by atoms with Crippen LogP contribution in [0.3, 0.4) is 0 Å². The summed E-state index contributed by atoms with van der Waals surface area (Å²) in [5.41, 5.74) is 1.44. The number of carbonyl (C=O) groups excluding carboxylic acids is 1. The van der Waals surface area contributed by atoms with E-state index in [1.807, 2.05) is 24.3 Å². The first-order valence-electron chi connectivity index (χ1n) is 6.14. The van der Waals surface area contributed by atoms with Gasteiger partial charge in [0.2, 0.25) is 5.12 Å². The molecule has 1 aliphatic rings. The van der Waals surface area contributed by atoms with Crippen LogP contribution in [0, 0.1) is 0 Å². The van der Waals surface area contributed by atoms with Gasteiger partial charge in [-0.15, -0.1) is 0 Å². The predicted octanol–water partition coefficient (Wildman–Crippen LogP) is 4.84. The molecule has 1 aromatic heterocycles. The standard InChI is InChI=1S/C15H10ClNO2S2/c16-12-6-2-1-4-10(12)9-20-15-17-13(14(18)21-15)8-11-5-3-7-19-11/h1-8H,9H2/b13-8-. The SMILES string of the molecule is O=C1SC(SCc2ccccc2Cl)=N/C1=C\c1ccco1. The summed E-state index contributed by atoms with van der Waals surface area (Å²) < 4.78 is 5.93. The Morgan fingerprint density at radius 2 is 2.14 bits per heavy atom. The van der Waals surface area contributed by atoms with Gasteiger partial charge < -0.3 is 4.42 Å². The number of hydrogen-bond donors (Lipinski definition) is 0. The van der Waals surface area contributed by atoms with Crippen LogP contribution in [0.2, 0.25) is 5.02 Å². The largest absolute Gasteiger partial charge is 0.465 e. The van der Waals surface area contributed by atoms with E-state index >= 15 is 0 Å². The molecular formula is C15H10ClNO2S2. The first-order valence-corrected chi connectivity index (χ1v) is 8.32. The number of aliphatic imine (C=N–C) groups is 1. The summed E-state index contributed by atoms with van der Waals surface area (Å²) in [5, 5.41) is 0.666. The first kappa shape index (κ1) is 14.5. The smallest absolute Gasteiger partial charge is 0.244 e. The summed E-state index contributed by atoms with van der Waals surface area (Å²) >= 11 is 8.76. The van der Waals surface area contributed by atoms with Crippen molar-refractivity contribution in [3.05, 3.63) is 64.7 Å². The zero-order valence-electron chi connectivity index (χ0n) is 10.8. The maximum absolute atomic E-state index is 11.9. The van der Waals surface area contributed by atoms with E-state index in [1.54, 1.807) is 24.5 Å². The Kier molecular flexibility index (Phi) is 4.53. The van der Waals surface area contributed by atoms with E-state index in [0.29, 0.717) is 17.2 Å². The fraction of sp³-hybridized carbons (Fsp3) is 0.0667. The molecule has 1 aromatic carbocycles. The summed E-state index contributed by atoms with van der Waals surface area (Å²) in [7, 11) is 0. The van der Waals surface area contributed by atoms with E-state index in [2.05, 4.69) is 4.99 Å². The average Bonchev–Trinajstić information content (AvgIpc) is 3.09. The number of carbonyl (C=O) groups is 1.